The topological polar surface area (TPSA) is 45.5 Å². The van der Waals surface area contributed by atoms with Crippen LogP contribution in [-0.4, -0.2) is 36.5 Å². The van der Waals surface area contributed by atoms with Crippen molar-refractivity contribution in [3.63, 3.8) is 0 Å². The van der Waals surface area contributed by atoms with Crippen molar-refractivity contribution in [2.45, 2.75) is 37.8 Å². The normalized spacial score (nSPS) is 30.5. The highest BCUT2D eigenvalue weighted by Crippen LogP contribution is 2.37. The molecule has 5 heteroatoms. The van der Waals surface area contributed by atoms with Gasteiger partial charge < -0.3 is 14.6 Å². The Hall–Kier alpha value is -1.00. The summed E-state index contributed by atoms with van der Waals surface area (Å²) >= 11 is 5.80. The molecule has 0 aliphatic carbocycles. The molecule has 3 heterocycles. The van der Waals surface area contributed by atoms with E-state index in [1.165, 1.54) is 31.9 Å². The quantitative estimate of drug-likeness (QED) is 0.927. The maximum absolute atomic E-state index is 11.9. The Morgan fingerprint density at radius 3 is 2.74 bits per heavy atom. The first-order valence-electron chi connectivity index (χ1n) is 6.88. The summed E-state index contributed by atoms with van der Waals surface area (Å²) < 4.78 is 4.93. The Balaban J connectivity index is 1.54. The molecule has 0 radical (unpaired) electrons. The van der Waals surface area contributed by atoms with Crippen LogP contribution >= 0.6 is 11.6 Å². The van der Waals surface area contributed by atoms with Gasteiger partial charge in [0, 0.05) is 18.6 Å². The van der Waals surface area contributed by atoms with Crippen LogP contribution in [0.25, 0.3) is 0 Å². The number of carbonyl (C=O) groups excluding carboxylic acids is 1. The fraction of sp³-hybridized carbons (Fsp3) is 0.643. The number of nitrogens with one attached hydrogen (secondary N) is 1. The van der Waals surface area contributed by atoms with Crippen LogP contribution in [0.2, 0.25) is 5.22 Å². The van der Waals surface area contributed by atoms with E-state index < -0.39 is 0 Å². The fourth-order valence-corrected chi connectivity index (χ4v) is 3.68. The summed E-state index contributed by atoms with van der Waals surface area (Å²) in [5, 5.41) is 3.14. The van der Waals surface area contributed by atoms with Crippen LogP contribution in [0.15, 0.2) is 16.7 Å². The molecule has 1 amide bonds. The van der Waals surface area contributed by atoms with E-state index in [-0.39, 0.29) is 11.1 Å². The number of amides is 1. The Morgan fingerprint density at radius 1 is 1.47 bits per heavy atom. The minimum atomic E-state index is -0.134. The molecular weight excluding hydrogens is 264 g/mol. The molecule has 1 N–H and O–H groups in total. The van der Waals surface area contributed by atoms with Gasteiger partial charge in [-0.2, -0.15) is 0 Å². The van der Waals surface area contributed by atoms with Crippen molar-refractivity contribution >= 4 is 17.5 Å². The lowest BCUT2D eigenvalue weighted by Gasteiger charge is -2.36. The molecule has 3 rings (SSSR count). The highest BCUT2D eigenvalue weighted by Gasteiger charge is 2.38. The molecule has 2 unspecified atom stereocenters. The summed E-state index contributed by atoms with van der Waals surface area (Å²) in [4.78, 5) is 14.5. The van der Waals surface area contributed by atoms with Crippen LogP contribution in [0.5, 0.6) is 0 Å². The van der Waals surface area contributed by atoms with Crippen LogP contribution in [-0.2, 0) is 0 Å². The van der Waals surface area contributed by atoms with Crippen LogP contribution in [0.3, 0.4) is 0 Å². The van der Waals surface area contributed by atoms with Crippen molar-refractivity contribution in [1.82, 2.24) is 10.2 Å². The second-order valence-corrected chi connectivity index (χ2v) is 6.05. The van der Waals surface area contributed by atoms with Gasteiger partial charge in [-0.25, -0.2) is 0 Å². The maximum Gasteiger partial charge on any atom is 0.256 e. The summed E-state index contributed by atoms with van der Waals surface area (Å²) in [7, 11) is 2.22. The number of carbonyl (C=O) groups is 1. The van der Waals surface area contributed by atoms with E-state index in [9.17, 15) is 4.79 Å². The molecule has 4 nitrogen and oxygen atoms in total. The molecule has 2 aliphatic heterocycles. The molecule has 1 aromatic heterocycles. The number of nitrogens with zero attached hydrogens (tertiary/aromatic N) is 1. The third kappa shape index (κ3) is 2.51. The average molecular weight is 283 g/mol. The minimum Gasteiger partial charge on any atom is -0.452 e. The molecule has 104 valence electrons. The molecule has 2 bridgehead atoms. The van der Waals surface area contributed by atoms with E-state index in [2.05, 4.69) is 17.3 Å². The third-order valence-corrected chi connectivity index (χ3v) is 4.90. The predicted molar refractivity (Wildman–Crippen MR) is 73.3 cm³/mol. The molecule has 1 aromatic rings. The van der Waals surface area contributed by atoms with Crippen molar-refractivity contribution in [2.24, 2.45) is 5.92 Å². The van der Waals surface area contributed by atoms with Crippen molar-refractivity contribution in [3.05, 3.63) is 23.1 Å². The number of furan rings is 1. The second-order valence-electron chi connectivity index (χ2n) is 5.71. The van der Waals surface area contributed by atoms with E-state index >= 15 is 0 Å². The first-order chi connectivity index (χ1) is 9.15. The lowest BCUT2D eigenvalue weighted by Crippen LogP contribution is -2.43. The molecular formula is C14H19ClN2O2. The lowest BCUT2D eigenvalue weighted by atomic mass is 9.91. The van der Waals surface area contributed by atoms with E-state index in [1.807, 2.05) is 0 Å². The molecule has 2 saturated heterocycles. The average Bonchev–Trinajstić information content (AvgIpc) is 2.87. The standard InChI is InChI=1S/C14H19ClN2O2/c1-17-10-2-3-11(17)7-9(6-10)8-16-14(18)12-4-5-19-13(12)15/h4-5,9-11H,2-3,6-8H2,1H3,(H,16,18). The van der Waals surface area contributed by atoms with Gasteiger partial charge in [0.15, 0.2) is 0 Å². The van der Waals surface area contributed by atoms with Crippen LogP contribution < -0.4 is 5.32 Å². The maximum atomic E-state index is 11.9. The lowest BCUT2D eigenvalue weighted by molar-refractivity contribution is 0.0917. The van der Waals surface area contributed by atoms with Crippen molar-refractivity contribution in [3.8, 4) is 0 Å². The van der Waals surface area contributed by atoms with Gasteiger partial charge in [-0.05, 0) is 56.3 Å². The van der Waals surface area contributed by atoms with Crippen LogP contribution in [0, 0.1) is 5.92 Å². The van der Waals surface area contributed by atoms with Gasteiger partial charge in [0.1, 0.15) is 0 Å². The summed E-state index contributed by atoms with van der Waals surface area (Å²) in [6.07, 6.45) is 6.42. The highest BCUT2D eigenvalue weighted by atomic mass is 35.5. The number of piperidine rings is 1. The first-order valence-corrected chi connectivity index (χ1v) is 7.26. The Kier molecular flexibility index (Phi) is 3.54. The molecule has 0 aromatic carbocycles. The molecule has 0 spiro atoms. The van der Waals surface area contributed by atoms with E-state index in [0.717, 1.165) is 6.54 Å². The zero-order valence-electron chi connectivity index (χ0n) is 11.1. The highest BCUT2D eigenvalue weighted by molar-refractivity contribution is 6.32. The molecule has 19 heavy (non-hydrogen) atoms. The van der Waals surface area contributed by atoms with Gasteiger partial charge in [-0.3, -0.25) is 4.79 Å². The number of halogens is 1. The Labute approximate surface area is 118 Å². The zero-order valence-corrected chi connectivity index (χ0v) is 11.8. The van der Waals surface area contributed by atoms with Crippen molar-refractivity contribution in [1.29, 1.82) is 0 Å². The second kappa shape index (κ2) is 5.17. The summed E-state index contributed by atoms with van der Waals surface area (Å²) in [5.74, 6) is 0.452. The third-order valence-electron chi connectivity index (χ3n) is 4.61. The Morgan fingerprint density at radius 2 is 2.16 bits per heavy atom. The minimum absolute atomic E-state index is 0.134. The van der Waals surface area contributed by atoms with Gasteiger partial charge in [0.05, 0.1) is 11.8 Å². The molecule has 2 aliphatic rings. The van der Waals surface area contributed by atoms with E-state index in [4.69, 9.17) is 16.0 Å². The zero-order chi connectivity index (χ0) is 13.4. The van der Waals surface area contributed by atoms with Crippen molar-refractivity contribution < 1.29 is 9.21 Å². The molecule has 0 saturated carbocycles. The monoisotopic (exact) mass is 282 g/mol. The van der Waals surface area contributed by atoms with Crippen molar-refractivity contribution in [2.75, 3.05) is 13.6 Å². The SMILES string of the molecule is CN1C2CCC1CC(CNC(=O)c1ccoc1Cl)C2. The molecule has 2 atom stereocenters. The van der Waals surface area contributed by atoms with Gasteiger partial charge >= 0.3 is 0 Å². The fourth-order valence-electron chi connectivity index (χ4n) is 3.48. The van der Waals surface area contributed by atoms with Gasteiger partial charge in [-0.1, -0.05) is 0 Å². The summed E-state index contributed by atoms with van der Waals surface area (Å²) in [6.45, 7) is 0.737. The number of rotatable bonds is 3. The van der Waals surface area contributed by atoms with Crippen LogP contribution in [0.4, 0.5) is 0 Å². The van der Waals surface area contributed by atoms with E-state index in [0.29, 0.717) is 23.6 Å². The Bertz CT molecular complexity index is 460. The number of fused-ring (bicyclic) bond motifs is 2. The van der Waals surface area contributed by atoms with E-state index in [1.54, 1.807) is 6.07 Å². The van der Waals surface area contributed by atoms with Gasteiger partial charge in [-0.15, -0.1) is 0 Å². The number of hydrogen-bond donors (Lipinski definition) is 1. The smallest absolute Gasteiger partial charge is 0.256 e. The van der Waals surface area contributed by atoms with Gasteiger partial charge in [0.25, 0.3) is 5.91 Å². The molecule has 2 fully saturated rings. The predicted octanol–water partition coefficient (Wildman–Crippen LogP) is 2.54. The summed E-state index contributed by atoms with van der Waals surface area (Å²) in [5.41, 5.74) is 0.428. The first kappa shape index (κ1) is 13.0. The largest absolute Gasteiger partial charge is 0.452 e. The summed E-state index contributed by atoms with van der Waals surface area (Å²) in [6, 6.07) is 3.02. The van der Waals surface area contributed by atoms with Gasteiger partial charge in [0.2, 0.25) is 5.22 Å². The number of hydrogen-bond acceptors (Lipinski definition) is 3. The van der Waals surface area contributed by atoms with Crippen LogP contribution in [0.1, 0.15) is 36.0 Å².